The molecular weight excluding hydrogens is 1390 g/mol. The topological polar surface area (TPSA) is 244 Å². The number of fused-ring (bicyclic) bond motifs is 6. The number of amides is 6. The largest absolute Gasteiger partial charge is 0.504 e. The van der Waals surface area contributed by atoms with Crippen LogP contribution in [0.4, 0.5) is 31.4 Å². The summed E-state index contributed by atoms with van der Waals surface area (Å²) >= 11 is 4.76. The quantitative estimate of drug-likeness (QED) is 0.0519. The summed E-state index contributed by atoms with van der Waals surface area (Å²) in [6.45, 7) is 11.9. The molecule has 0 bridgehead atoms. The first-order chi connectivity index (χ1) is 50.6. The first-order valence-corrected chi connectivity index (χ1v) is 36.0. The van der Waals surface area contributed by atoms with Crippen molar-refractivity contribution in [3.63, 3.8) is 0 Å². The summed E-state index contributed by atoms with van der Waals surface area (Å²) in [5.74, 6) is 0.133. The molecular formula is C77H78N6O18S3. The number of ether oxygens (including phenoxy) is 11. The van der Waals surface area contributed by atoms with Crippen LogP contribution in [-0.2, 0) is 41.6 Å². The van der Waals surface area contributed by atoms with Crippen molar-refractivity contribution in [2.75, 3.05) is 96.8 Å². The van der Waals surface area contributed by atoms with Crippen molar-refractivity contribution in [2.45, 2.75) is 69.3 Å². The highest BCUT2D eigenvalue weighted by Gasteiger charge is 2.49. The second kappa shape index (κ2) is 32.8. The molecule has 542 valence electrons. The van der Waals surface area contributed by atoms with Crippen molar-refractivity contribution < 1.29 is 86.0 Å². The van der Waals surface area contributed by atoms with Gasteiger partial charge in [0.15, 0.2) is 53.2 Å². The third-order valence-electron chi connectivity index (χ3n) is 18.7. The number of hydrogen-bond donors (Lipinski definition) is 1. The Morgan fingerprint density at radius 3 is 1.11 bits per heavy atom. The summed E-state index contributed by atoms with van der Waals surface area (Å²) in [7, 11) is 8.86. The molecule has 0 fully saturated rings. The Kier molecular flexibility index (Phi) is 23.0. The fraction of sp³-hybridized carbons (Fsp3) is 0.299. The van der Waals surface area contributed by atoms with E-state index in [4.69, 9.17) is 52.1 Å². The number of carbonyl (C=O) groups excluding carboxylic acids is 6. The Morgan fingerprint density at radius 1 is 0.462 bits per heavy atom. The minimum atomic E-state index is -0.925. The molecule has 0 saturated heterocycles. The molecule has 24 nitrogen and oxygen atoms in total. The number of phenols is 1. The zero-order valence-electron chi connectivity index (χ0n) is 58.1. The average Bonchev–Trinajstić information content (AvgIpc) is 1.60. The van der Waals surface area contributed by atoms with E-state index < -0.39 is 55.1 Å². The second-order valence-corrected chi connectivity index (χ2v) is 26.8. The van der Waals surface area contributed by atoms with E-state index in [0.29, 0.717) is 38.9 Å². The predicted molar refractivity (Wildman–Crippen MR) is 395 cm³/mol. The summed E-state index contributed by atoms with van der Waals surface area (Å²) in [5, 5.41) is 22.6. The van der Waals surface area contributed by atoms with Crippen LogP contribution in [0, 0.1) is 0 Å². The Hall–Kier alpha value is -10.7. The van der Waals surface area contributed by atoms with Crippen molar-refractivity contribution >= 4 is 104 Å². The number of methoxy groups -OCH3 is 6. The van der Waals surface area contributed by atoms with Gasteiger partial charge in [-0.1, -0.05) is 74.4 Å². The van der Waals surface area contributed by atoms with Gasteiger partial charge in [-0.05, 0) is 139 Å². The van der Waals surface area contributed by atoms with E-state index in [1.54, 1.807) is 73.0 Å². The lowest BCUT2D eigenvalue weighted by Gasteiger charge is -2.40. The Bertz CT molecular complexity index is 4290. The van der Waals surface area contributed by atoms with Crippen molar-refractivity contribution in [2.24, 2.45) is 0 Å². The number of carbonyl (C=O) groups is 6. The molecule has 104 heavy (non-hydrogen) atoms. The lowest BCUT2D eigenvalue weighted by Crippen LogP contribution is -2.55. The summed E-state index contributed by atoms with van der Waals surface area (Å²) < 4.78 is 64.2. The Balaban J connectivity index is 0.000000264. The normalized spacial score (nSPS) is 19.5. The third kappa shape index (κ3) is 14.7. The maximum atomic E-state index is 14.5. The molecule has 6 amide bonds. The smallest absolute Gasteiger partial charge is 0.416 e. The van der Waals surface area contributed by atoms with E-state index in [9.17, 15) is 33.9 Å². The van der Waals surface area contributed by atoms with Gasteiger partial charge in [0.2, 0.25) is 0 Å². The number of rotatable bonds is 21. The van der Waals surface area contributed by atoms with E-state index in [0.717, 1.165) is 44.5 Å². The molecule has 1 N–H and O–H groups in total. The van der Waals surface area contributed by atoms with Crippen LogP contribution in [0.15, 0.2) is 167 Å². The molecule has 6 aliphatic heterocycles. The summed E-state index contributed by atoms with van der Waals surface area (Å²) in [4.78, 5) is 92.9. The van der Waals surface area contributed by atoms with E-state index in [2.05, 4.69) is 35.9 Å². The summed E-state index contributed by atoms with van der Waals surface area (Å²) in [6, 6.07) is 21.2. The van der Waals surface area contributed by atoms with Crippen LogP contribution < -0.4 is 38.4 Å². The van der Waals surface area contributed by atoms with Crippen molar-refractivity contribution in [1.82, 2.24) is 14.7 Å². The molecule has 0 unspecified atom stereocenters. The van der Waals surface area contributed by atoms with Gasteiger partial charge >= 0.3 is 18.3 Å². The summed E-state index contributed by atoms with van der Waals surface area (Å²) in [5.41, 5.74) is 9.20. The highest BCUT2D eigenvalue weighted by Crippen LogP contribution is 2.47. The van der Waals surface area contributed by atoms with Gasteiger partial charge in [-0.15, -0.1) is 0 Å². The molecule has 6 atom stereocenters. The number of benzene rings is 4. The van der Waals surface area contributed by atoms with Gasteiger partial charge in [0.1, 0.15) is 33.0 Å². The van der Waals surface area contributed by atoms with Gasteiger partial charge < -0.3 is 71.9 Å². The molecule has 4 aromatic carbocycles. The zero-order valence-corrected chi connectivity index (χ0v) is 60.5. The van der Waals surface area contributed by atoms with Crippen LogP contribution in [0.5, 0.6) is 34.5 Å². The van der Waals surface area contributed by atoms with Gasteiger partial charge in [-0.3, -0.25) is 14.4 Å². The van der Waals surface area contributed by atoms with E-state index >= 15 is 0 Å². The van der Waals surface area contributed by atoms with Crippen LogP contribution in [-0.4, -0.2) is 175 Å². The molecule has 6 aliphatic rings. The molecule has 0 saturated carbocycles. The first kappa shape index (κ1) is 73.1. The van der Waals surface area contributed by atoms with E-state index in [1.165, 1.54) is 87.7 Å². The van der Waals surface area contributed by atoms with Crippen LogP contribution in [0.3, 0.4) is 0 Å². The maximum absolute atomic E-state index is 14.5. The molecule has 0 spiro atoms. The van der Waals surface area contributed by atoms with Crippen LogP contribution >= 0.6 is 34.0 Å². The monoisotopic (exact) mass is 1470 g/mol. The number of phenolic OH excluding ortho intramolecular Hbond substituents is 1. The van der Waals surface area contributed by atoms with Crippen molar-refractivity contribution in [3.05, 3.63) is 212 Å². The fourth-order valence-corrected chi connectivity index (χ4v) is 15.8. The van der Waals surface area contributed by atoms with Gasteiger partial charge in [0.25, 0.3) is 17.7 Å². The molecule has 27 heteroatoms. The Morgan fingerprint density at radius 2 is 0.798 bits per heavy atom. The lowest BCUT2D eigenvalue weighted by molar-refractivity contribution is 0.0175. The number of nitrogens with zero attached hydrogens (tertiary/aromatic N) is 6. The van der Waals surface area contributed by atoms with E-state index in [-0.39, 0.29) is 119 Å². The number of thiophene rings is 3. The van der Waals surface area contributed by atoms with Crippen LogP contribution in [0.2, 0.25) is 0 Å². The second-order valence-electron chi connectivity index (χ2n) is 24.5. The lowest BCUT2D eigenvalue weighted by atomic mass is 9.94. The predicted octanol–water partition coefficient (Wildman–Crippen LogP) is 13.7. The molecule has 0 aliphatic carbocycles. The van der Waals surface area contributed by atoms with Crippen LogP contribution in [0.1, 0.15) is 78.2 Å². The van der Waals surface area contributed by atoms with Crippen molar-refractivity contribution in [1.29, 1.82) is 0 Å². The van der Waals surface area contributed by atoms with Gasteiger partial charge in [-0.2, -0.15) is 34.0 Å². The molecule has 0 radical (unpaired) electrons. The first-order valence-electron chi connectivity index (χ1n) is 33.2. The molecule has 9 heterocycles. The fourth-order valence-electron chi connectivity index (χ4n) is 13.8. The van der Waals surface area contributed by atoms with Gasteiger partial charge in [0, 0.05) is 59.2 Å². The summed E-state index contributed by atoms with van der Waals surface area (Å²) in [6.07, 6.45) is 7.02. The highest BCUT2D eigenvalue weighted by molar-refractivity contribution is 7.08. The zero-order chi connectivity index (χ0) is 73.3. The molecule has 13 rings (SSSR count). The minimum absolute atomic E-state index is 0.00831. The average molecular weight is 1470 g/mol. The van der Waals surface area contributed by atoms with Gasteiger partial charge in [0.05, 0.1) is 73.2 Å². The number of anilines is 3. The third-order valence-corrected chi connectivity index (χ3v) is 20.7. The van der Waals surface area contributed by atoms with Crippen molar-refractivity contribution in [3.8, 4) is 34.5 Å². The van der Waals surface area contributed by atoms with E-state index in [1.807, 2.05) is 76.8 Å². The molecule has 3 aromatic heterocycles. The standard InChI is InChI=1S/C54H54N4O12S2.C23H24N2O6S/c1-7-18-67-53(61)57-41-27-47(45(63-3)25-39(41)49(59)55-16-12-35(37-14-20-71-31-37)23-43(55)51(57)65-5)69-29-33-10-9-11-34(22-33)30-70-48-28-42-40(26-46(48)64-4)50(60)56-17-13-36(38-15-21-72-32-38)24-44(56)52(66-6)58(42)54(62)68-19-8-2;1-4-8-31-23(28)25-17-12-19(26)20(29-2)11-16(17)21(27)24-7-5-14(15-6-9-32-13-15)10-18(24)22(25)30-3/h7-15,20-22,25-28,31-32,43-44,51-52H,1-2,16-19,23-24,29-30H2,3-6H3;4-6,9,11-13,18,22,26H,1,7-8,10H2,2-3H3/t43-,44-,51-,52-;18-,22-/m00/s1. The van der Waals surface area contributed by atoms with Crippen LogP contribution in [0.25, 0.3) is 16.7 Å². The SMILES string of the molecule is C=CCOC(=O)N1c2cc(O)c(OC)cc2C(=O)N2CC=C(c3ccsc3)C[C@H]2[C@@H]1OC.C=CCOC(=O)N1c2cc(OCc3cccc(COc4cc5c(cc4OC)C(=O)N4CC=C(c6ccsc6)C[C@H]4[C@H](OC)N5C(=O)OCC=C)c3)c(OC)cc2C(=O)N2CC=C(c3ccsc3)C[C@H]2[C@@H]1OC. The Labute approximate surface area is 613 Å². The maximum Gasteiger partial charge on any atom is 0.416 e. The number of aromatic hydroxyl groups is 1. The minimum Gasteiger partial charge on any atom is -0.504 e. The van der Waals surface area contributed by atoms with Gasteiger partial charge in [-0.25, -0.2) is 29.1 Å². The molecule has 7 aromatic rings. The number of hydrogen-bond acceptors (Lipinski definition) is 21. The highest BCUT2D eigenvalue weighted by atomic mass is 32.1.